The summed E-state index contributed by atoms with van der Waals surface area (Å²) in [6.45, 7) is 15.9. The van der Waals surface area contributed by atoms with E-state index in [-0.39, 0.29) is 18.8 Å². The van der Waals surface area contributed by atoms with E-state index in [4.69, 9.17) is 14.2 Å². The van der Waals surface area contributed by atoms with Crippen LogP contribution in [0.3, 0.4) is 0 Å². The second-order valence-corrected chi connectivity index (χ2v) is 11.9. The van der Waals surface area contributed by atoms with Gasteiger partial charge in [-0.05, 0) is 31.9 Å². The second kappa shape index (κ2) is 19.5. The largest absolute Gasteiger partial charge is 0.445 e. The maximum Gasteiger partial charge on any atom is 0.410 e. The maximum absolute atomic E-state index is 12.0. The van der Waals surface area contributed by atoms with Crippen molar-refractivity contribution in [2.24, 2.45) is 0 Å². The Hall–Kier alpha value is -3.87. The molecule has 2 heterocycles. The van der Waals surface area contributed by atoms with Crippen LogP contribution in [0.1, 0.15) is 31.9 Å². The van der Waals surface area contributed by atoms with Crippen LogP contribution in [-0.2, 0) is 27.4 Å². The Kier molecular flexibility index (Phi) is 15.4. The molecule has 0 spiro atoms. The van der Waals surface area contributed by atoms with Gasteiger partial charge in [-0.3, -0.25) is 9.80 Å². The number of piperazine rings is 2. The first-order valence-electron chi connectivity index (χ1n) is 15.7. The van der Waals surface area contributed by atoms with Gasteiger partial charge < -0.3 is 35.1 Å². The predicted octanol–water partition coefficient (Wildman–Crippen LogP) is 3.28. The van der Waals surface area contributed by atoms with E-state index in [1.54, 1.807) is 4.90 Å². The van der Waals surface area contributed by atoms with Crippen LogP contribution in [0.25, 0.3) is 0 Å². The molecule has 3 amide bonds. The number of alkyl carbamates (subject to hydrolysis) is 2. The number of ether oxygens (including phenoxy) is 3. The lowest BCUT2D eigenvalue weighted by Crippen LogP contribution is -2.51. The molecule has 0 saturated carbocycles. The molecule has 0 bridgehead atoms. The lowest BCUT2D eigenvalue weighted by atomic mass is 10.2. The second-order valence-electron chi connectivity index (χ2n) is 11.9. The zero-order chi connectivity index (χ0) is 32.3. The first kappa shape index (κ1) is 35.6. The van der Waals surface area contributed by atoms with Gasteiger partial charge in [-0.2, -0.15) is 0 Å². The van der Waals surface area contributed by atoms with E-state index in [2.05, 4.69) is 25.8 Å². The monoisotopic (exact) mass is 626 g/mol. The standard InChI is InChI=1S/C19H29N3O4.C14H21N3O2/c1-19(2,3)26-18(24)22-13-11-21(12-14-22)10-9-20-17(23)25-15-16-7-5-4-6-8-16;18-14(19-12-13-4-2-1-3-5-13)16-8-11-17-9-6-15-7-10-17/h4-8H,9-15H2,1-3H3,(H,20,23);1-5,15H,6-12H2,(H,16,18). The zero-order valence-corrected chi connectivity index (χ0v) is 27.0. The lowest BCUT2D eigenvalue weighted by molar-refractivity contribution is 0.0146. The average Bonchev–Trinajstić information content (AvgIpc) is 3.04. The highest BCUT2D eigenvalue weighted by atomic mass is 16.6. The van der Waals surface area contributed by atoms with Crippen LogP contribution in [0.5, 0.6) is 0 Å². The molecule has 2 aromatic carbocycles. The van der Waals surface area contributed by atoms with E-state index in [0.29, 0.717) is 32.8 Å². The van der Waals surface area contributed by atoms with Gasteiger partial charge in [0.05, 0.1) is 0 Å². The smallest absolute Gasteiger partial charge is 0.410 e. The van der Waals surface area contributed by atoms with E-state index in [0.717, 1.165) is 63.5 Å². The number of carbonyl (C=O) groups is 3. The molecule has 248 valence electrons. The lowest BCUT2D eigenvalue weighted by Gasteiger charge is -2.35. The molecular formula is C33H50N6O6. The molecule has 2 fully saturated rings. The van der Waals surface area contributed by atoms with Gasteiger partial charge in [0.2, 0.25) is 0 Å². The Bertz CT molecular complexity index is 1130. The molecule has 0 unspecified atom stereocenters. The number of benzene rings is 2. The summed E-state index contributed by atoms with van der Waals surface area (Å²) >= 11 is 0. The summed E-state index contributed by atoms with van der Waals surface area (Å²) < 4.78 is 15.7. The van der Waals surface area contributed by atoms with Crippen LogP contribution in [0, 0.1) is 0 Å². The third-order valence-corrected chi connectivity index (χ3v) is 7.05. The summed E-state index contributed by atoms with van der Waals surface area (Å²) in [6, 6.07) is 19.3. The van der Waals surface area contributed by atoms with Gasteiger partial charge in [-0.1, -0.05) is 60.7 Å². The number of hydrogen-bond acceptors (Lipinski definition) is 9. The zero-order valence-electron chi connectivity index (χ0n) is 27.0. The first-order chi connectivity index (χ1) is 21.7. The van der Waals surface area contributed by atoms with Crippen LogP contribution in [0.4, 0.5) is 14.4 Å². The van der Waals surface area contributed by atoms with Crippen LogP contribution in [-0.4, -0.2) is 117 Å². The van der Waals surface area contributed by atoms with Crippen molar-refractivity contribution in [1.29, 1.82) is 0 Å². The summed E-state index contributed by atoms with van der Waals surface area (Å²) in [4.78, 5) is 41.5. The Morgan fingerprint density at radius 3 is 1.58 bits per heavy atom. The average molecular weight is 627 g/mol. The van der Waals surface area contributed by atoms with Crippen molar-refractivity contribution in [3.63, 3.8) is 0 Å². The molecule has 3 N–H and O–H groups in total. The van der Waals surface area contributed by atoms with Gasteiger partial charge in [-0.25, -0.2) is 14.4 Å². The van der Waals surface area contributed by atoms with Crippen molar-refractivity contribution < 1.29 is 28.6 Å². The Labute approximate surface area is 267 Å². The molecule has 12 heteroatoms. The Morgan fingerprint density at radius 2 is 1.13 bits per heavy atom. The maximum atomic E-state index is 12.0. The van der Waals surface area contributed by atoms with Crippen molar-refractivity contribution in [2.75, 3.05) is 78.5 Å². The van der Waals surface area contributed by atoms with Gasteiger partial charge in [-0.15, -0.1) is 0 Å². The highest BCUT2D eigenvalue weighted by molar-refractivity contribution is 5.68. The predicted molar refractivity (Wildman–Crippen MR) is 173 cm³/mol. The van der Waals surface area contributed by atoms with E-state index >= 15 is 0 Å². The summed E-state index contributed by atoms with van der Waals surface area (Å²) in [5, 5.41) is 8.83. The summed E-state index contributed by atoms with van der Waals surface area (Å²) in [5.74, 6) is 0. The van der Waals surface area contributed by atoms with Crippen molar-refractivity contribution in [1.82, 2.24) is 30.7 Å². The third kappa shape index (κ3) is 15.6. The van der Waals surface area contributed by atoms with Crippen LogP contribution < -0.4 is 16.0 Å². The van der Waals surface area contributed by atoms with Gasteiger partial charge in [0.25, 0.3) is 0 Å². The van der Waals surface area contributed by atoms with Gasteiger partial charge in [0.15, 0.2) is 0 Å². The fourth-order valence-electron chi connectivity index (χ4n) is 4.60. The Morgan fingerprint density at radius 1 is 0.689 bits per heavy atom. The van der Waals surface area contributed by atoms with E-state index in [9.17, 15) is 14.4 Å². The molecule has 45 heavy (non-hydrogen) atoms. The number of rotatable bonds is 10. The quantitative estimate of drug-likeness (QED) is 0.341. The molecule has 2 saturated heterocycles. The molecule has 4 rings (SSSR count). The minimum Gasteiger partial charge on any atom is -0.445 e. The molecule has 12 nitrogen and oxygen atoms in total. The van der Waals surface area contributed by atoms with E-state index < -0.39 is 11.7 Å². The minimum atomic E-state index is -0.474. The van der Waals surface area contributed by atoms with Gasteiger partial charge in [0, 0.05) is 78.5 Å². The van der Waals surface area contributed by atoms with Crippen molar-refractivity contribution >= 4 is 18.3 Å². The molecular weight excluding hydrogens is 576 g/mol. The molecule has 0 atom stereocenters. The highest BCUT2D eigenvalue weighted by Gasteiger charge is 2.25. The number of nitrogens with one attached hydrogen (secondary N) is 3. The van der Waals surface area contributed by atoms with Gasteiger partial charge >= 0.3 is 18.3 Å². The first-order valence-corrected chi connectivity index (χ1v) is 15.7. The van der Waals surface area contributed by atoms with E-state index in [1.165, 1.54) is 0 Å². The molecule has 2 aromatic rings. The van der Waals surface area contributed by atoms with Crippen LogP contribution in [0.2, 0.25) is 0 Å². The highest BCUT2D eigenvalue weighted by Crippen LogP contribution is 2.11. The minimum absolute atomic E-state index is 0.264. The van der Waals surface area contributed by atoms with E-state index in [1.807, 2.05) is 81.4 Å². The number of hydrogen-bond donors (Lipinski definition) is 3. The molecule has 2 aliphatic heterocycles. The normalized spacial score (nSPS) is 15.7. The summed E-state index contributed by atoms with van der Waals surface area (Å²) in [5.41, 5.74) is 1.48. The molecule has 0 aromatic heterocycles. The molecule has 0 radical (unpaired) electrons. The molecule has 2 aliphatic rings. The fourth-order valence-corrected chi connectivity index (χ4v) is 4.60. The van der Waals surface area contributed by atoms with Crippen LogP contribution >= 0.6 is 0 Å². The van der Waals surface area contributed by atoms with Crippen molar-refractivity contribution in [3.05, 3.63) is 71.8 Å². The fraction of sp³-hybridized carbons (Fsp3) is 0.545. The van der Waals surface area contributed by atoms with Gasteiger partial charge in [0.1, 0.15) is 18.8 Å². The third-order valence-electron chi connectivity index (χ3n) is 7.05. The van der Waals surface area contributed by atoms with Crippen LogP contribution in [0.15, 0.2) is 60.7 Å². The van der Waals surface area contributed by atoms with Crippen molar-refractivity contribution in [2.45, 2.75) is 39.6 Å². The number of carbonyl (C=O) groups excluding carboxylic acids is 3. The number of amides is 3. The summed E-state index contributed by atoms with van der Waals surface area (Å²) in [6.07, 6.45) is -1.03. The summed E-state index contributed by atoms with van der Waals surface area (Å²) in [7, 11) is 0. The van der Waals surface area contributed by atoms with Crippen molar-refractivity contribution in [3.8, 4) is 0 Å². The molecule has 0 aliphatic carbocycles. The Balaban J connectivity index is 0.000000257. The topological polar surface area (TPSA) is 125 Å². The SMILES string of the molecule is CC(C)(C)OC(=O)N1CCN(CCNC(=O)OCc2ccccc2)CC1.O=C(NCCN1CCNCC1)OCc1ccccc1. The number of nitrogens with zero attached hydrogens (tertiary/aromatic N) is 3.